The number of carbonyl (C=O) groups excluding carboxylic acids is 2. The molecular formula is C41H43Cl2N5O5. The number of rotatable bonds is 11. The van der Waals surface area contributed by atoms with Crippen LogP contribution in [0.5, 0.6) is 11.8 Å². The van der Waals surface area contributed by atoms with Crippen LogP contribution in [0.2, 0.25) is 10.0 Å². The van der Waals surface area contributed by atoms with Crippen molar-refractivity contribution in [3.05, 3.63) is 80.8 Å². The van der Waals surface area contributed by atoms with Gasteiger partial charge in [0.15, 0.2) is 0 Å². The number of esters is 1. The van der Waals surface area contributed by atoms with E-state index in [1.807, 2.05) is 43.3 Å². The Hall–Kier alpha value is -4.22. The number of nitrogens with one attached hydrogen (secondary N) is 2. The van der Waals surface area contributed by atoms with E-state index in [0.29, 0.717) is 54.5 Å². The summed E-state index contributed by atoms with van der Waals surface area (Å²) in [7, 11) is 3.30. The first kappa shape index (κ1) is 35.8. The number of ether oxygens (including phenoxy) is 3. The molecule has 2 aromatic carbocycles. The van der Waals surface area contributed by atoms with Crippen LogP contribution in [0.25, 0.3) is 33.6 Å². The molecule has 2 aliphatic carbocycles. The average molecular weight is 757 g/mol. The van der Waals surface area contributed by atoms with Gasteiger partial charge < -0.3 is 24.8 Å². The summed E-state index contributed by atoms with van der Waals surface area (Å²) in [6, 6.07) is 16.5. The highest BCUT2D eigenvalue weighted by molar-refractivity contribution is 6.39. The van der Waals surface area contributed by atoms with E-state index in [-0.39, 0.29) is 35.9 Å². The van der Waals surface area contributed by atoms with E-state index in [1.165, 1.54) is 11.1 Å². The molecule has 0 radical (unpaired) electrons. The summed E-state index contributed by atoms with van der Waals surface area (Å²) in [6.07, 6.45) is 5.04. The first-order chi connectivity index (χ1) is 25.8. The largest absolute Gasteiger partial charge is 0.481 e. The quantitative estimate of drug-likeness (QED) is 0.154. The van der Waals surface area contributed by atoms with Gasteiger partial charge in [0.1, 0.15) is 0 Å². The lowest BCUT2D eigenvalue weighted by atomic mass is 9.95. The Morgan fingerprint density at radius 1 is 0.849 bits per heavy atom. The molecule has 10 nitrogen and oxygen atoms in total. The molecule has 4 heterocycles. The number of hydrogen-bond donors (Lipinski definition) is 2. The SMILES string of the molecule is CCOC(=O)C1CN([C@H]2CCc3cc(-c4cccc(-c5cccc(-c6cc7c(c(OC)n6)C(NC[C@@H]6CCC(=O)N6)CC7)c5Cl)c4Cl)nc(OC)c32)C1. The lowest BCUT2D eigenvalue weighted by molar-refractivity contribution is -0.155. The van der Waals surface area contributed by atoms with E-state index in [9.17, 15) is 9.59 Å². The highest BCUT2D eigenvalue weighted by Gasteiger charge is 2.42. The summed E-state index contributed by atoms with van der Waals surface area (Å²) in [6.45, 7) is 4.30. The van der Waals surface area contributed by atoms with Crippen molar-refractivity contribution in [2.45, 2.75) is 63.6 Å². The van der Waals surface area contributed by atoms with Gasteiger partial charge in [0, 0.05) is 77.6 Å². The van der Waals surface area contributed by atoms with Crippen LogP contribution in [0.15, 0.2) is 48.5 Å². The maximum absolute atomic E-state index is 12.2. The Morgan fingerprint density at radius 3 is 2.02 bits per heavy atom. The van der Waals surface area contributed by atoms with Gasteiger partial charge in [0.05, 0.1) is 48.2 Å². The number of carbonyl (C=O) groups is 2. The summed E-state index contributed by atoms with van der Waals surface area (Å²) in [5.74, 6) is 1.07. The lowest BCUT2D eigenvalue weighted by Gasteiger charge is -2.42. The van der Waals surface area contributed by atoms with Gasteiger partial charge in [-0.2, -0.15) is 0 Å². The van der Waals surface area contributed by atoms with Gasteiger partial charge in [-0.05, 0) is 62.3 Å². The molecule has 2 saturated heterocycles. The maximum Gasteiger partial charge on any atom is 0.311 e. The second kappa shape index (κ2) is 14.9. The fourth-order valence-electron chi connectivity index (χ4n) is 8.51. The van der Waals surface area contributed by atoms with Crippen LogP contribution >= 0.6 is 23.2 Å². The van der Waals surface area contributed by atoms with Crippen LogP contribution < -0.4 is 20.1 Å². The van der Waals surface area contributed by atoms with Gasteiger partial charge in [0.2, 0.25) is 17.7 Å². The van der Waals surface area contributed by atoms with Crippen LogP contribution in [0, 0.1) is 5.92 Å². The molecule has 4 aromatic rings. The predicted octanol–water partition coefficient (Wildman–Crippen LogP) is 7.14. The highest BCUT2D eigenvalue weighted by Crippen LogP contribution is 2.47. The zero-order chi connectivity index (χ0) is 36.8. The molecular weight excluding hydrogens is 713 g/mol. The van der Waals surface area contributed by atoms with Crippen molar-refractivity contribution in [1.29, 1.82) is 0 Å². The summed E-state index contributed by atoms with van der Waals surface area (Å²) < 4.78 is 17.0. The standard InChI is InChI=1S/C41H43Cl2N5O5/c1-4-53-41(50)24-20-48(21-24)33-15-12-23-18-32(47-40(52-3)36(23)33)29-10-6-8-27(38(29)43)26-7-5-9-28(37(26)42)31-17-22-11-14-30(35(22)39(46-31)51-2)44-19-25-13-16-34(49)45-25/h5-10,17-18,24-25,30,33,44H,4,11-16,19-21H2,1-3H3,(H,45,49)/t25-,30?,33-/m0/s1. The van der Waals surface area contributed by atoms with E-state index in [1.54, 1.807) is 14.2 Å². The molecule has 2 N–H and O–H groups in total. The molecule has 12 heteroatoms. The second-order valence-corrected chi connectivity index (χ2v) is 15.0. The van der Waals surface area contributed by atoms with Crippen molar-refractivity contribution in [3.8, 4) is 45.4 Å². The minimum absolute atomic E-state index is 0.0851. The van der Waals surface area contributed by atoms with E-state index < -0.39 is 0 Å². The number of pyridine rings is 2. The Balaban J connectivity index is 1.06. The number of halogens is 2. The molecule has 2 fully saturated rings. The number of benzene rings is 2. The fraction of sp³-hybridized carbons (Fsp3) is 0.415. The number of methoxy groups -OCH3 is 2. The molecule has 0 bridgehead atoms. The van der Waals surface area contributed by atoms with Crippen LogP contribution in [-0.2, 0) is 27.2 Å². The van der Waals surface area contributed by atoms with Gasteiger partial charge in [-0.25, -0.2) is 9.97 Å². The molecule has 1 unspecified atom stereocenters. The molecule has 1 amide bonds. The molecule has 276 valence electrons. The molecule has 8 rings (SSSR count). The van der Waals surface area contributed by atoms with Crippen LogP contribution in [0.4, 0.5) is 0 Å². The summed E-state index contributed by atoms with van der Waals surface area (Å²) >= 11 is 14.5. The number of likely N-dealkylation sites (tertiary alicyclic amines) is 1. The normalized spacial score (nSPS) is 20.8. The molecule has 53 heavy (non-hydrogen) atoms. The van der Waals surface area contributed by atoms with Crippen molar-refractivity contribution >= 4 is 35.1 Å². The molecule has 0 saturated carbocycles. The minimum Gasteiger partial charge on any atom is -0.481 e. The zero-order valence-corrected chi connectivity index (χ0v) is 31.6. The highest BCUT2D eigenvalue weighted by atomic mass is 35.5. The van der Waals surface area contributed by atoms with Crippen molar-refractivity contribution in [2.24, 2.45) is 5.92 Å². The number of fused-ring (bicyclic) bond motifs is 2. The topological polar surface area (TPSA) is 115 Å². The number of aromatic nitrogens is 2. The van der Waals surface area contributed by atoms with E-state index in [0.717, 1.165) is 76.9 Å². The first-order valence-electron chi connectivity index (χ1n) is 18.4. The monoisotopic (exact) mass is 755 g/mol. The van der Waals surface area contributed by atoms with Gasteiger partial charge >= 0.3 is 5.97 Å². The van der Waals surface area contributed by atoms with Gasteiger partial charge in [0.25, 0.3) is 0 Å². The third-order valence-electron chi connectivity index (χ3n) is 11.2. The Morgan fingerprint density at radius 2 is 1.43 bits per heavy atom. The molecule has 0 spiro atoms. The number of hydrogen-bond acceptors (Lipinski definition) is 9. The van der Waals surface area contributed by atoms with Gasteiger partial charge in [-0.3, -0.25) is 14.5 Å². The molecule has 4 aliphatic rings. The molecule has 3 atom stereocenters. The predicted molar refractivity (Wildman–Crippen MR) is 204 cm³/mol. The Kier molecular flexibility index (Phi) is 10.1. The van der Waals surface area contributed by atoms with Crippen molar-refractivity contribution < 1.29 is 23.8 Å². The van der Waals surface area contributed by atoms with Crippen LogP contribution in [0.3, 0.4) is 0 Å². The van der Waals surface area contributed by atoms with E-state index in [4.69, 9.17) is 47.4 Å². The Labute approximate surface area is 319 Å². The summed E-state index contributed by atoms with van der Waals surface area (Å²) in [5, 5.41) is 7.77. The van der Waals surface area contributed by atoms with Crippen molar-refractivity contribution in [1.82, 2.24) is 25.5 Å². The third kappa shape index (κ3) is 6.64. The van der Waals surface area contributed by atoms with Gasteiger partial charge in [-0.1, -0.05) is 59.6 Å². The molecule has 2 aromatic heterocycles. The smallest absolute Gasteiger partial charge is 0.311 e. The second-order valence-electron chi connectivity index (χ2n) is 14.3. The number of aryl methyl sites for hydroxylation is 2. The van der Waals surface area contributed by atoms with Crippen molar-refractivity contribution in [3.63, 3.8) is 0 Å². The van der Waals surface area contributed by atoms with Crippen molar-refractivity contribution in [2.75, 3.05) is 40.5 Å². The van der Waals surface area contributed by atoms with Crippen LogP contribution in [-0.4, -0.2) is 73.2 Å². The van der Waals surface area contributed by atoms with Crippen LogP contribution in [0.1, 0.15) is 66.9 Å². The minimum atomic E-state index is -0.124. The zero-order valence-electron chi connectivity index (χ0n) is 30.1. The Bertz CT molecular complexity index is 2090. The van der Waals surface area contributed by atoms with Gasteiger partial charge in [-0.15, -0.1) is 0 Å². The fourth-order valence-corrected chi connectivity index (χ4v) is 9.16. The average Bonchev–Trinajstić information content (AvgIpc) is 3.88. The summed E-state index contributed by atoms with van der Waals surface area (Å²) in [5.41, 5.74) is 9.13. The summed E-state index contributed by atoms with van der Waals surface area (Å²) in [4.78, 5) is 36.2. The first-order valence-corrected chi connectivity index (χ1v) is 19.2. The van der Waals surface area contributed by atoms with E-state index >= 15 is 0 Å². The maximum atomic E-state index is 12.2. The number of amides is 1. The molecule has 2 aliphatic heterocycles. The lowest BCUT2D eigenvalue weighted by Crippen LogP contribution is -2.51. The van der Waals surface area contributed by atoms with E-state index in [2.05, 4.69) is 27.7 Å². The number of nitrogens with zero attached hydrogens (tertiary/aromatic N) is 3. The third-order valence-corrected chi connectivity index (χ3v) is 12.0.